The molecule has 4 rings (SSSR count). The number of carbonyl (C=O) groups is 1. The molecule has 130 valence electrons. The number of nitrogens with zero attached hydrogens (tertiary/aromatic N) is 3. The number of hydrogen-bond acceptors (Lipinski definition) is 5. The standard InChI is InChI=1S/C19H21N3O2S/c1-14-12-15-13-17(18(23)16-4-2-3-5-20-16)25-19(15)22(14)7-6-21-8-10-24-11-9-21/h2-5,12-13H,6-11H2,1H3. The number of hydrogen-bond donors (Lipinski definition) is 0. The van der Waals surface area contributed by atoms with Gasteiger partial charge >= 0.3 is 0 Å². The highest BCUT2D eigenvalue weighted by Crippen LogP contribution is 2.30. The van der Waals surface area contributed by atoms with Gasteiger partial charge in [-0.1, -0.05) is 6.07 Å². The minimum atomic E-state index is -0.000757. The summed E-state index contributed by atoms with van der Waals surface area (Å²) in [6.07, 6.45) is 1.66. The Labute approximate surface area is 150 Å². The Kier molecular flexibility index (Phi) is 4.65. The van der Waals surface area contributed by atoms with Crippen LogP contribution in [0.4, 0.5) is 0 Å². The van der Waals surface area contributed by atoms with Crippen molar-refractivity contribution in [1.82, 2.24) is 14.5 Å². The molecule has 0 saturated carbocycles. The third-order valence-electron chi connectivity index (χ3n) is 4.64. The number of rotatable bonds is 5. The molecule has 0 aliphatic carbocycles. The number of pyridine rings is 1. The first-order valence-corrected chi connectivity index (χ1v) is 9.39. The highest BCUT2D eigenvalue weighted by molar-refractivity contribution is 7.20. The Morgan fingerprint density at radius 1 is 1.24 bits per heavy atom. The summed E-state index contributed by atoms with van der Waals surface area (Å²) in [6, 6.07) is 9.60. The van der Waals surface area contributed by atoms with Crippen LogP contribution in [0.25, 0.3) is 10.2 Å². The Morgan fingerprint density at radius 3 is 2.84 bits per heavy atom. The van der Waals surface area contributed by atoms with Crippen LogP contribution in [0.2, 0.25) is 0 Å². The number of aryl methyl sites for hydroxylation is 1. The summed E-state index contributed by atoms with van der Waals surface area (Å²) in [6.45, 7) is 7.72. The second-order valence-electron chi connectivity index (χ2n) is 6.31. The van der Waals surface area contributed by atoms with Crippen LogP contribution in [-0.2, 0) is 11.3 Å². The predicted octanol–water partition coefficient (Wildman–Crippen LogP) is 2.97. The molecule has 0 N–H and O–H groups in total. The molecule has 5 nitrogen and oxygen atoms in total. The molecule has 25 heavy (non-hydrogen) atoms. The summed E-state index contributed by atoms with van der Waals surface area (Å²) in [4.78, 5) is 21.2. The number of morpholine rings is 1. The van der Waals surface area contributed by atoms with Gasteiger partial charge in [0, 0.05) is 43.5 Å². The van der Waals surface area contributed by atoms with E-state index in [1.165, 1.54) is 10.5 Å². The van der Waals surface area contributed by atoms with Gasteiger partial charge in [0.05, 0.1) is 18.1 Å². The molecule has 3 aromatic rings. The van der Waals surface area contributed by atoms with Crippen LogP contribution in [0.15, 0.2) is 36.5 Å². The van der Waals surface area contributed by atoms with Crippen LogP contribution < -0.4 is 0 Å². The van der Waals surface area contributed by atoms with Gasteiger partial charge in [-0.15, -0.1) is 11.3 Å². The first kappa shape index (κ1) is 16.4. The SMILES string of the molecule is Cc1cc2cc(C(=O)c3ccccn3)sc2n1CCN1CCOCC1. The van der Waals surface area contributed by atoms with Crippen molar-refractivity contribution >= 4 is 27.3 Å². The molecule has 4 heterocycles. The van der Waals surface area contributed by atoms with E-state index in [0.717, 1.165) is 49.7 Å². The van der Waals surface area contributed by atoms with Crippen LogP contribution in [0.5, 0.6) is 0 Å². The smallest absolute Gasteiger partial charge is 0.221 e. The predicted molar refractivity (Wildman–Crippen MR) is 99.5 cm³/mol. The number of thiophene rings is 1. The van der Waals surface area contributed by atoms with Crippen molar-refractivity contribution < 1.29 is 9.53 Å². The lowest BCUT2D eigenvalue weighted by Gasteiger charge is -2.26. The molecular weight excluding hydrogens is 334 g/mol. The third-order valence-corrected chi connectivity index (χ3v) is 5.81. The Hall–Kier alpha value is -2.02. The molecule has 1 aliphatic rings. The lowest BCUT2D eigenvalue weighted by molar-refractivity contribution is 0.0365. The highest BCUT2D eigenvalue weighted by atomic mass is 32.1. The topological polar surface area (TPSA) is 47.4 Å². The van der Waals surface area contributed by atoms with E-state index in [4.69, 9.17) is 4.74 Å². The fourth-order valence-corrected chi connectivity index (χ4v) is 4.42. The fourth-order valence-electron chi connectivity index (χ4n) is 3.25. The van der Waals surface area contributed by atoms with E-state index in [0.29, 0.717) is 5.69 Å². The monoisotopic (exact) mass is 355 g/mol. The zero-order valence-corrected chi connectivity index (χ0v) is 15.1. The van der Waals surface area contributed by atoms with Crippen molar-refractivity contribution in [2.45, 2.75) is 13.5 Å². The number of ketones is 1. The number of carbonyl (C=O) groups excluding carboxylic acids is 1. The summed E-state index contributed by atoms with van der Waals surface area (Å²) in [5.41, 5.74) is 1.74. The van der Waals surface area contributed by atoms with Gasteiger partial charge in [0.2, 0.25) is 5.78 Å². The lowest BCUT2D eigenvalue weighted by atomic mass is 10.2. The maximum atomic E-state index is 12.6. The zero-order valence-electron chi connectivity index (χ0n) is 14.3. The fraction of sp³-hybridized carbons (Fsp3) is 0.368. The second-order valence-corrected chi connectivity index (χ2v) is 7.34. The molecule has 0 amide bonds. The van der Waals surface area contributed by atoms with Crippen molar-refractivity contribution in [2.24, 2.45) is 0 Å². The van der Waals surface area contributed by atoms with Gasteiger partial charge < -0.3 is 9.30 Å². The minimum absolute atomic E-state index is 0.000757. The summed E-state index contributed by atoms with van der Waals surface area (Å²) in [7, 11) is 0. The van der Waals surface area contributed by atoms with Gasteiger partial charge in [0.25, 0.3) is 0 Å². The maximum absolute atomic E-state index is 12.6. The van der Waals surface area contributed by atoms with Crippen molar-refractivity contribution in [3.63, 3.8) is 0 Å². The van der Waals surface area contributed by atoms with Crippen LogP contribution in [0.3, 0.4) is 0 Å². The summed E-state index contributed by atoms with van der Waals surface area (Å²) < 4.78 is 7.74. The lowest BCUT2D eigenvalue weighted by Crippen LogP contribution is -2.38. The van der Waals surface area contributed by atoms with Gasteiger partial charge in [0.15, 0.2) is 0 Å². The van der Waals surface area contributed by atoms with Gasteiger partial charge in [-0.05, 0) is 31.2 Å². The van der Waals surface area contributed by atoms with E-state index in [1.54, 1.807) is 23.6 Å². The normalized spacial score (nSPS) is 15.7. The van der Waals surface area contributed by atoms with E-state index in [2.05, 4.69) is 27.4 Å². The first-order chi connectivity index (χ1) is 12.2. The zero-order chi connectivity index (χ0) is 17.2. The van der Waals surface area contributed by atoms with E-state index in [-0.39, 0.29) is 5.78 Å². The molecule has 0 spiro atoms. The van der Waals surface area contributed by atoms with Crippen LogP contribution >= 0.6 is 11.3 Å². The second kappa shape index (κ2) is 7.07. The molecule has 0 bridgehead atoms. The average molecular weight is 355 g/mol. The van der Waals surface area contributed by atoms with Crippen molar-refractivity contribution in [2.75, 3.05) is 32.8 Å². The summed E-state index contributed by atoms with van der Waals surface area (Å²) >= 11 is 1.56. The van der Waals surface area contributed by atoms with E-state index in [9.17, 15) is 4.79 Å². The summed E-state index contributed by atoms with van der Waals surface area (Å²) in [5, 5.41) is 1.14. The van der Waals surface area contributed by atoms with Gasteiger partial charge in [0.1, 0.15) is 10.5 Å². The Bertz CT molecular complexity index is 879. The van der Waals surface area contributed by atoms with Crippen LogP contribution in [0, 0.1) is 6.92 Å². The summed E-state index contributed by atoms with van der Waals surface area (Å²) in [5.74, 6) is -0.000757. The minimum Gasteiger partial charge on any atom is -0.379 e. The number of aromatic nitrogens is 2. The molecule has 1 saturated heterocycles. The van der Waals surface area contributed by atoms with E-state index >= 15 is 0 Å². The van der Waals surface area contributed by atoms with Gasteiger partial charge in [-0.2, -0.15) is 0 Å². The highest BCUT2D eigenvalue weighted by Gasteiger charge is 2.18. The van der Waals surface area contributed by atoms with Crippen LogP contribution in [-0.4, -0.2) is 53.1 Å². The third kappa shape index (κ3) is 3.38. The molecule has 0 unspecified atom stereocenters. The molecule has 1 fully saturated rings. The van der Waals surface area contributed by atoms with E-state index < -0.39 is 0 Å². The molecule has 0 aromatic carbocycles. The molecule has 3 aromatic heterocycles. The molecule has 1 aliphatic heterocycles. The van der Waals surface area contributed by atoms with Crippen LogP contribution in [0.1, 0.15) is 21.1 Å². The van der Waals surface area contributed by atoms with Crippen molar-refractivity contribution in [3.8, 4) is 0 Å². The molecule has 6 heteroatoms. The quantitative estimate of drug-likeness (QED) is 0.660. The first-order valence-electron chi connectivity index (χ1n) is 8.58. The number of ether oxygens (including phenoxy) is 1. The van der Waals surface area contributed by atoms with Crippen molar-refractivity contribution in [3.05, 3.63) is 52.8 Å². The van der Waals surface area contributed by atoms with Gasteiger partial charge in [-0.3, -0.25) is 14.7 Å². The largest absolute Gasteiger partial charge is 0.379 e. The Balaban J connectivity index is 1.56. The number of fused-ring (bicyclic) bond motifs is 1. The molecular formula is C19H21N3O2S. The average Bonchev–Trinajstić information content (AvgIpc) is 3.18. The maximum Gasteiger partial charge on any atom is 0.221 e. The Morgan fingerprint density at radius 2 is 2.08 bits per heavy atom. The molecule has 0 radical (unpaired) electrons. The van der Waals surface area contributed by atoms with Gasteiger partial charge in [-0.25, -0.2) is 0 Å². The van der Waals surface area contributed by atoms with E-state index in [1.807, 2.05) is 18.2 Å². The van der Waals surface area contributed by atoms with Crippen molar-refractivity contribution in [1.29, 1.82) is 0 Å². The molecule has 0 atom stereocenters.